The zero-order valence-corrected chi connectivity index (χ0v) is 10.7. The van der Waals surface area contributed by atoms with E-state index in [-0.39, 0.29) is 0 Å². The Morgan fingerprint density at radius 3 is 2.92 bits per heavy atom. The Balaban J connectivity index is 1.90. The van der Waals surface area contributed by atoms with E-state index in [2.05, 4.69) is 22.4 Å². The number of hydrogen-bond acceptors (Lipinski definition) is 4. The second kappa shape index (κ2) is 7.83. The number of rotatable bonds is 7. The molecule has 0 aliphatic rings. The topological polar surface area (TPSA) is 38.0 Å². The third kappa shape index (κ3) is 5.70. The van der Waals surface area contributed by atoms with E-state index in [1.54, 1.807) is 0 Å². The molecule has 0 amide bonds. The van der Waals surface area contributed by atoms with Gasteiger partial charge in [-0.2, -0.15) is 0 Å². The predicted octanol–water partition coefficient (Wildman–Crippen LogP) is 1.50. The third-order valence-corrected chi connectivity index (χ3v) is 5.47. The molecule has 0 radical (unpaired) electrons. The van der Waals surface area contributed by atoms with Crippen LogP contribution < -0.4 is 11.1 Å². The molecule has 0 aromatic carbocycles. The third-order valence-electron chi connectivity index (χ3n) is 1.29. The molecule has 1 heterocycles. The van der Waals surface area contributed by atoms with Crippen LogP contribution in [0.4, 0.5) is 4.56 Å². The van der Waals surface area contributed by atoms with Gasteiger partial charge in [-0.15, -0.1) is 0 Å². The van der Waals surface area contributed by atoms with E-state index in [1.165, 1.54) is 4.56 Å². The van der Waals surface area contributed by atoms with Crippen LogP contribution in [0.3, 0.4) is 0 Å². The van der Waals surface area contributed by atoms with Crippen LogP contribution in [0.25, 0.3) is 0 Å². The molecule has 13 heavy (non-hydrogen) atoms. The normalized spacial score (nSPS) is 10.2. The van der Waals surface area contributed by atoms with Crippen LogP contribution >= 0.6 is 21.6 Å². The first kappa shape index (κ1) is 11.5. The van der Waals surface area contributed by atoms with Gasteiger partial charge in [0, 0.05) is 0 Å². The van der Waals surface area contributed by atoms with E-state index in [0.29, 0.717) is 14.5 Å². The molecule has 0 atom stereocenters. The van der Waals surface area contributed by atoms with Crippen molar-refractivity contribution < 1.29 is 0 Å². The summed E-state index contributed by atoms with van der Waals surface area (Å²) in [6.45, 7) is 1.85. The van der Waals surface area contributed by atoms with E-state index in [0.717, 1.165) is 24.6 Å². The molecule has 1 rings (SSSR count). The quantitative estimate of drug-likeness (QED) is 0.451. The van der Waals surface area contributed by atoms with Crippen LogP contribution in [-0.4, -0.2) is 39.1 Å². The molecule has 0 aliphatic carbocycles. The van der Waals surface area contributed by atoms with E-state index in [9.17, 15) is 0 Å². The summed E-state index contributed by atoms with van der Waals surface area (Å²) < 4.78 is 1.40. The molecule has 0 saturated heterocycles. The molecular weight excluding hydrogens is 267 g/mol. The maximum atomic E-state index is 5.38. The van der Waals surface area contributed by atoms with Crippen molar-refractivity contribution >= 4 is 40.7 Å². The summed E-state index contributed by atoms with van der Waals surface area (Å²) in [5.41, 5.74) is 5.38. The average Bonchev–Trinajstić information content (AvgIpc) is 2.63. The molecule has 1 aromatic heterocycles. The van der Waals surface area contributed by atoms with E-state index >= 15 is 0 Å². The summed E-state index contributed by atoms with van der Waals surface area (Å²) in [5, 5.41) is 3.42. The van der Waals surface area contributed by atoms with Crippen molar-refractivity contribution in [1.29, 1.82) is 0 Å². The molecule has 0 aliphatic heterocycles. The Kier molecular flexibility index (Phi) is 6.94. The zero-order chi connectivity index (χ0) is 9.36. The molecule has 74 valence electrons. The van der Waals surface area contributed by atoms with Crippen LogP contribution in [0.5, 0.6) is 0 Å². The molecule has 2 nitrogen and oxygen atoms in total. The van der Waals surface area contributed by atoms with Crippen molar-refractivity contribution in [3.63, 3.8) is 0 Å². The molecule has 5 heteroatoms. The number of anilines is 1. The van der Waals surface area contributed by atoms with Crippen molar-refractivity contribution in [3.05, 3.63) is 17.1 Å². The summed E-state index contributed by atoms with van der Waals surface area (Å²) in [7, 11) is 3.75. The van der Waals surface area contributed by atoms with Crippen molar-refractivity contribution in [2.75, 3.05) is 29.9 Å². The molecular formula is C8H14N2S2Se. The Morgan fingerprint density at radius 1 is 1.38 bits per heavy atom. The van der Waals surface area contributed by atoms with Crippen LogP contribution in [-0.2, 0) is 0 Å². The van der Waals surface area contributed by atoms with Crippen LogP contribution in [0.2, 0.25) is 0 Å². The van der Waals surface area contributed by atoms with Gasteiger partial charge in [-0.3, -0.25) is 0 Å². The number of hydrogen-bond donors (Lipinski definition) is 2. The first-order chi connectivity index (χ1) is 6.43. The summed E-state index contributed by atoms with van der Waals surface area (Å²) >= 11 is 0.565. The van der Waals surface area contributed by atoms with Gasteiger partial charge in [0.2, 0.25) is 0 Å². The second-order valence-electron chi connectivity index (χ2n) is 2.34. The number of nitrogens with two attached hydrogens (primary N) is 1. The molecule has 1 aromatic rings. The fourth-order valence-electron chi connectivity index (χ4n) is 0.761. The van der Waals surface area contributed by atoms with Gasteiger partial charge in [0.25, 0.3) is 0 Å². The molecule has 0 spiro atoms. The fraction of sp³-hybridized carbons (Fsp3) is 0.500. The van der Waals surface area contributed by atoms with Crippen molar-refractivity contribution in [3.8, 4) is 0 Å². The zero-order valence-electron chi connectivity index (χ0n) is 7.36. The minimum atomic E-state index is 0.565. The minimum absolute atomic E-state index is 0.565. The van der Waals surface area contributed by atoms with Gasteiger partial charge < -0.3 is 0 Å². The second-order valence-corrected chi connectivity index (χ2v) is 7.03. The molecule has 0 bridgehead atoms. The van der Waals surface area contributed by atoms with Gasteiger partial charge in [0.05, 0.1) is 0 Å². The molecule has 0 saturated carbocycles. The average molecular weight is 281 g/mol. The van der Waals surface area contributed by atoms with Gasteiger partial charge in [-0.25, -0.2) is 0 Å². The summed E-state index contributed by atoms with van der Waals surface area (Å²) in [4.78, 5) is 2.23. The van der Waals surface area contributed by atoms with Gasteiger partial charge in [0.1, 0.15) is 0 Å². The van der Waals surface area contributed by atoms with Crippen molar-refractivity contribution in [2.24, 2.45) is 5.73 Å². The summed E-state index contributed by atoms with van der Waals surface area (Å²) in [5.74, 6) is 2.21. The maximum absolute atomic E-state index is 5.38. The van der Waals surface area contributed by atoms with Gasteiger partial charge in [-0.05, 0) is 0 Å². The van der Waals surface area contributed by atoms with Gasteiger partial charge in [0.15, 0.2) is 0 Å². The van der Waals surface area contributed by atoms with E-state index < -0.39 is 0 Å². The molecule has 0 fully saturated rings. The van der Waals surface area contributed by atoms with Crippen LogP contribution in [0, 0.1) is 0 Å². The van der Waals surface area contributed by atoms with Crippen LogP contribution in [0.15, 0.2) is 17.1 Å². The Bertz CT molecular complexity index is 204. The monoisotopic (exact) mass is 282 g/mol. The van der Waals surface area contributed by atoms with Crippen LogP contribution in [0.1, 0.15) is 0 Å². The Hall–Kier alpha value is 0.459. The molecule has 3 N–H and O–H groups in total. The van der Waals surface area contributed by atoms with Gasteiger partial charge in [-0.1, -0.05) is 0 Å². The van der Waals surface area contributed by atoms with Crippen molar-refractivity contribution in [1.82, 2.24) is 0 Å². The predicted molar refractivity (Wildman–Crippen MR) is 65.8 cm³/mol. The molecule has 0 unspecified atom stereocenters. The Morgan fingerprint density at radius 2 is 2.23 bits per heavy atom. The summed E-state index contributed by atoms with van der Waals surface area (Å²) in [6, 6.07) is 4.29. The Labute approximate surface area is 93.2 Å². The first-order valence-electron chi connectivity index (χ1n) is 4.15. The first-order valence-corrected chi connectivity index (χ1v) is 8.48. The van der Waals surface area contributed by atoms with Gasteiger partial charge >= 0.3 is 93.4 Å². The van der Waals surface area contributed by atoms with Crippen molar-refractivity contribution in [2.45, 2.75) is 0 Å². The van der Waals surface area contributed by atoms with E-state index in [4.69, 9.17) is 5.73 Å². The standard InChI is InChI=1S/C8H14N2S2Se/c9-3-5-11-12-6-4-10-8-2-1-7-13-8/h1-2,7,10H,3-6,9H2. The number of nitrogens with one attached hydrogen (secondary N) is 1. The fourth-order valence-corrected chi connectivity index (χ4v) is 3.88. The summed E-state index contributed by atoms with van der Waals surface area (Å²) in [6.07, 6.45) is 0. The SMILES string of the molecule is NCCSSCCNc1ccc[se]1. The van der Waals surface area contributed by atoms with E-state index in [1.807, 2.05) is 21.6 Å².